The van der Waals surface area contributed by atoms with Gasteiger partial charge in [0.1, 0.15) is 0 Å². The largest absolute Gasteiger partial charge is 0.493 e. The van der Waals surface area contributed by atoms with E-state index in [9.17, 15) is 0 Å². The van der Waals surface area contributed by atoms with Gasteiger partial charge in [-0.3, -0.25) is 0 Å². The number of unbranched alkanes of at least 4 members (excludes halogenated alkanes) is 2. The molecule has 0 fully saturated rings. The molecule has 4 nitrogen and oxygen atoms in total. The first-order valence-corrected chi connectivity index (χ1v) is 7.17. The minimum atomic E-state index is 0.532. The molecule has 20 heavy (non-hydrogen) atoms. The van der Waals surface area contributed by atoms with Crippen LogP contribution in [0.15, 0.2) is 12.1 Å². The third kappa shape index (κ3) is 5.28. The van der Waals surface area contributed by atoms with Crippen LogP contribution in [0.3, 0.4) is 0 Å². The van der Waals surface area contributed by atoms with Crippen molar-refractivity contribution >= 4 is 11.6 Å². The summed E-state index contributed by atoms with van der Waals surface area (Å²) in [5.41, 5.74) is 1.06. The number of hydrogen-bond donors (Lipinski definition) is 1. The number of hydrogen-bond acceptors (Lipinski definition) is 4. The van der Waals surface area contributed by atoms with Gasteiger partial charge in [0.15, 0.2) is 11.5 Å². The molecule has 0 aromatic heterocycles. The molecule has 0 aliphatic heterocycles. The van der Waals surface area contributed by atoms with Crippen LogP contribution >= 0.6 is 11.6 Å². The highest BCUT2D eigenvalue weighted by atomic mass is 35.5. The SMILES string of the molecule is CCNCc1cc(Cl)c(OCCCCC#N)c(OC)c1. The lowest BCUT2D eigenvalue weighted by molar-refractivity contribution is 0.287. The van der Waals surface area contributed by atoms with Gasteiger partial charge in [0.05, 0.1) is 24.8 Å². The van der Waals surface area contributed by atoms with Crippen LogP contribution in [0.1, 0.15) is 31.7 Å². The highest BCUT2D eigenvalue weighted by Crippen LogP contribution is 2.36. The van der Waals surface area contributed by atoms with Gasteiger partial charge in [-0.1, -0.05) is 18.5 Å². The summed E-state index contributed by atoms with van der Waals surface area (Å²) in [4.78, 5) is 0. The molecule has 5 heteroatoms. The van der Waals surface area contributed by atoms with Crippen molar-refractivity contribution in [1.29, 1.82) is 5.26 Å². The maximum Gasteiger partial charge on any atom is 0.179 e. The van der Waals surface area contributed by atoms with E-state index in [1.54, 1.807) is 7.11 Å². The topological polar surface area (TPSA) is 54.3 Å². The minimum absolute atomic E-state index is 0.532. The van der Waals surface area contributed by atoms with Crippen LogP contribution in [-0.4, -0.2) is 20.3 Å². The van der Waals surface area contributed by atoms with Gasteiger partial charge in [-0.25, -0.2) is 0 Å². The molecule has 1 aromatic rings. The zero-order valence-corrected chi connectivity index (χ0v) is 12.8. The summed E-state index contributed by atoms with van der Waals surface area (Å²) in [6.07, 6.45) is 2.21. The smallest absolute Gasteiger partial charge is 0.179 e. The number of rotatable bonds is 9. The number of halogens is 1. The quantitative estimate of drug-likeness (QED) is 0.708. The molecule has 0 saturated carbocycles. The van der Waals surface area contributed by atoms with Crippen LogP contribution in [-0.2, 0) is 6.54 Å². The lowest BCUT2D eigenvalue weighted by Crippen LogP contribution is -2.12. The van der Waals surface area contributed by atoms with E-state index in [0.29, 0.717) is 29.5 Å². The zero-order chi connectivity index (χ0) is 14.8. The summed E-state index contributed by atoms with van der Waals surface area (Å²) in [6, 6.07) is 5.93. The Bertz CT molecular complexity index is 458. The van der Waals surface area contributed by atoms with Crippen LogP contribution < -0.4 is 14.8 Å². The van der Waals surface area contributed by atoms with Crippen molar-refractivity contribution in [1.82, 2.24) is 5.32 Å². The molecule has 0 amide bonds. The second-order valence-electron chi connectivity index (χ2n) is 4.35. The monoisotopic (exact) mass is 296 g/mol. The maximum absolute atomic E-state index is 8.47. The molecular formula is C15H21ClN2O2. The van der Waals surface area contributed by atoms with Crippen molar-refractivity contribution in [2.75, 3.05) is 20.3 Å². The third-order valence-electron chi connectivity index (χ3n) is 2.80. The van der Waals surface area contributed by atoms with Crippen molar-refractivity contribution in [2.45, 2.75) is 32.7 Å². The molecule has 0 aliphatic rings. The van der Waals surface area contributed by atoms with Crippen LogP contribution in [0.25, 0.3) is 0 Å². The van der Waals surface area contributed by atoms with Crippen molar-refractivity contribution in [3.63, 3.8) is 0 Å². The van der Waals surface area contributed by atoms with Crippen molar-refractivity contribution in [3.05, 3.63) is 22.7 Å². The Morgan fingerprint density at radius 3 is 2.80 bits per heavy atom. The molecule has 110 valence electrons. The summed E-state index contributed by atoms with van der Waals surface area (Å²) in [7, 11) is 1.60. The van der Waals surface area contributed by atoms with Crippen LogP contribution in [0, 0.1) is 11.3 Å². The van der Waals surface area contributed by atoms with E-state index in [-0.39, 0.29) is 0 Å². The summed E-state index contributed by atoms with van der Waals surface area (Å²) < 4.78 is 11.0. The zero-order valence-electron chi connectivity index (χ0n) is 12.0. The Balaban J connectivity index is 2.67. The van der Waals surface area contributed by atoms with E-state index in [1.165, 1.54) is 0 Å². The highest BCUT2D eigenvalue weighted by molar-refractivity contribution is 6.32. The van der Waals surface area contributed by atoms with E-state index in [4.69, 9.17) is 26.3 Å². The number of nitrogens with zero attached hydrogens (tertiary/aromatic N) is 1. The lowest BCUT2D eigenvalue weighted by Gasteiger charge is -2.14. The third-order valence-corrected chi connectivity index (χ3v) is 3.08. The van der Waals surface area contributed by atoms with E-state index in [0.717, 1.165) is 31.5 Å². The molecule has 0 atom stereocenters. The first kappa shape index (κ1) is 16.6. The average molecular weight is 297 g/mol. The van der Waals surface area contributed by atoms with Gasteiger partial charge in [-0.2, -0.15) is 5.26 Å². The fourth-order valence-electron chi connectivity index (χ4n) is 1.77. The highest BCUT2D eigenvalue weighted by Gasteiger charge is 2.11. The number of nitriles is 1. The summed E-state index contributed by atoms with van der Waals surface area (Å²) >= 11 is 6.25. The molecule has 1 rings (SSSR count). The number of ether oxygens (including phenoxy) is 2. The Kier molecular flexibility index (Phi) is 7.86. The first-order chi connectivity index (χ1) is 9.72. The maximum atomic E-state index is 8.47. The van der Waals surface area contributed by atoms with Gasteiger partial charge in [0.25, 0.3) is 0 Å². The lowest BCUT2D eigenvalue weighted by atomic mass is 10.2. The van der Waals surface area contributed by atoms with Gasteiger partial charge < -0.3 is 14.8 Å². The van der Waals surface area contributed by atoms with Crippen molar-refractivity contribution in [2.24, 2.45) is 0 Å². The van der Waals surface area contributed by atoms with Crippen LogP contribution in [0.2, 0.25) is 5.02 Å². The molecule has 0 unspecified atom stereocenters. The van der Waals surface area contributed by atoms with Gasteiger partial charge in [-0.05, 0) is 37.1 Å². The molecule has 0 spiro atoms. The predicted molar refractivity (Wildman–Crippen MR) is 80.3 cm³/mol. The molecule has 0 aliphatic carbocycles. The molecular weight excluding hydrogens is 276 g/mol. The number of nitrogens with one attached hydrogen (secondary N) is 1. The average Bonchev–Trinajstić information content (AvgIpc) is 2.46. The summed E-state index contributed by atoms with van der Waals surface area (Å²) in [5, 5.41) is 12.3. The second-order valence-corrected chi connectivity index (χ2v) is 4.76. The molecule has 0 bridgehead atoms. The summed E-state index contributed by atoms with van der Waals surface area (Å²) in [6.45, 7) is 4.23. The first-order valence-electron chi connectivity index (χ1n) is 6.79. The van der Waals surface area contributed by atoms with E-state index >= 15 is 0 Å². The van der Waals surface area contributed by atoms with Crippen LogP contribution in [0.4, 0.5) is 0 Å². The fourth-order valence-corrected chi connectivity index (χ4v) is 2.05. The Morgan fingerprint density at radius 2 is 2.15 bits per heavy atom. The standard InChI is InChI=1S/C15H21ClN2O2/c1-3-18-11-12-9-13(16)15(14(10-12)19-2)20-8-6-4-5-7-17/h9-10,18H,3-6,8,11H2,1-2H3. The molecule has 0 radical (unpaired) electrons. The Morgan fingerprint density at radius 1 is 1.35 bits per heavy atom. The van der Waals surface area contributed by atoms with Crippen molar-refractivity contribution in [3.8, 4) is 17.6 Å². The molecule has 1 aromatic carbocycles. The molecule has 0 saturated heterocycles. The Labute approximate surface area is 125 Å². The van der Waals surface area contributed by atoms with Crippen LogP contribution in [0.5, 0.6) is 11.5 Å². The van der Waals surface area contributed by atoms with Gasteiger partial charge >= 0.3 is 0 Å². The van der Waals surface area contributed by atoms with E-state index in [1.807, 2.05) is 12.1 Å². The molecule has 0 heterocycles. The molecule has 1 N–H and O–H groups in total. The van der Waals surface area contributed by atoms with Gasteiger partial charge in [-0.15, -0.1) is 0 Å². The van der Waals surface area contributed by atoms with Crippen molar-refractivity contribution < 1.29 is 9.47 Å². The second kappa shape index (κ2) is 9.46. The number of benzene rings is 1. The summed E-state index contributed by atoms with van der Waals surface area (Å²) in [5.74, 6) is 1.22. The normalized spacial score (nSPS) is 10.1. The fraction of sp³-hybridized carbons (Fsp3) is 0.533. The predicted octanol–water partition coefficient (Wildman–Crippen LogP) is 3.53. The number of methoxy groups -OCH3 is 1. The minimum Gasteiger partial charge on any atom is -0.493 e. The Hall–Kier alpha value is -1.44. The van der Waals surface area contributed by atoms with E-state index < -0.39 is 0 Å². The van der Waals surface area contributed by atoms with Gasteiger partial charge in [0.2, 0.25) is 0 Å². The van der Waals surface area contributed by atoms with Gasteiger partial charge in [0, 0.05) is 13.0 Å². The van der Waals surface area contributed by atoms with E-state index in [2.05, 4.69) is 18.3 Å².